The van der Waals surface area contributed by atoms with Gasteiger partial charge in [-0.1, -0.05) is 20.3 Å². The zero-order valence-electron chi connectivity index (χ0n) is 11.5. The fourth-order valence-electron chi connectivity index (χ4n) is 2.96. The van der Waals surface area contributed by atoms with E-state index in [4.69, 9.17) is 5.73 Å². The molecule has 3 atom stereocenters. The van der Waals surface area contributed by atoms with Gasteiger partial charge in [0.15, 0.2) is 0 Å². The van der Waals surface area contributed by atoms with Crippen LogP contribution in [0.15, 0.2) is 24.5 Å². The molecule has 1 aliphatic heterocycles. The minimum absolute atomic E-state index is 0.211. The van der Waals surface area contributed by atoms with E-state index in [1.165, 1.54) is 31.5 Å². The number of rotatable bonds is 5. The van der Waals surface area contributed by atoms with E-state index >= 15 is 0 Å². The van der Waals surface area contributed by atoms with Gasteiger partial charge in [-0.05, 0) is 43.0 Å². The Labute approximate surface area is 110 Å². The first-order valence-corrected chi connectivity index (χ1v) is 7.15. The Hall–Kier alpha value is -0.930. The Morgan fingerprint density at radius 1 is 1.39 bits per heavy atom. The van der Waals surface area contributed by atoms with Crippen molar-refractivity contribution in [1.82, 2.24) is 9.88 Å². The Kier molecular flexibility index (Phi) is 4.72. The average molecular weight is 247 g/mol. The lowest BCUT2D eigenvalue weighted by molar-refractivity contribution is 0.201. The van der Waals surface area contributed by atoms with Crippen LogP contribution in [0.4, 0.5) is 0 Å². The fourth-order valence-corrected chi connectivity index (χ4v) is 2.96. The molecule has 18 heavy (non-hydrogen) atoms. The summed E-state index contributed by atoms with van der Waals surface area (Å²) < 4.78 is 0. The van der Waals surface area contributed by atoms with Gasteiger partial charge in [-0.2, -0.15) is 0 Å². The average Bonchev–Trinajstić information content (AvgIpc) is 2.88. The highest BCUT2D eigenvalue weighted by Crippen LogP contribution is 2.31. The minimum Gasteiger partial charge on any atom is -0.326 e. The third kappa shape index (κ3) is 2.90. The van der Waals surface area contributed by atoms with E-state index in [1.807, 2.05) is 12.4 Å². The predicted molar refractivity (Wildman–Crippen MR) is 75.2 cm³/mol. The van der Waals surface area contributed by atoms with Gasteiger partial charge in [0.05, 0.1) is 0 Å². The van der Waals surface area contributed by atoms with Crippen molar-refractivity contribution in [2.45, 2.75) is 45.2 Å². The molecule has 0 saturated carbocycles. The molecule has 0 spiro atoms. The third-order valence-electron chi connectivity index (χ3n) is 4.21. The summed E-state index contributed by atoms with van der Waals surface area (Å²) in [5.41, 5.74) is 7.67. The van der Waals surface area contributed by atoms with Gasteiger partial charge in [0.2, 0.25) is 0 Å². The molecule has 3 unspecified atom stereocenters. The topological polar surface area (TPSA) is 42.2 Å². The van der Waals surface area contributed by atoms with Crippen molar-refractivity contribution in [1.29, 1.82) is 0 Å². The van der Waals surface area contributed by atoms with Gasteiger partial charge >= 0.3 is 0 Å². The number of nitrogens with two attached hydrogens (primary N) is 1. The van der Waals surface area contributed by atoms with E-state index < -0.39 is 0 Å². The zero-order valence-corrected chi connectivity index (χ0v) is 11.5. The highest BCUT2D eigenvalue weighted by molar-refractivity contribution is 5.18. The Morgan fingerprint density at radius 2 is 2.11 bits per heavy atom. The second kappa shape index (κ2) is 6.30. The summed E-state index contributed by atoms with van der Waals surface area (Å²) in [5, 5.41) is 0. The molecule has 0 aliphatic carbocycles. The molecule has 2 rings (SSSR count). The summed E-state index contributed by atoms with van der Waals surface area (Å²) >= 11 is 0. The van der Waals surface area contributed by atoms with E-state index in [2.05, 4.69) is 35.9 Å². The molecule has 1 aromatic rings. The molecule has 0 aromatic carbocycles. The minimum atomic E-state index is 0.211. The summed E-state index contributed by atoms with van der Waals surface area (Å²) in [6, 6.07) is 4.79. The monoisotopic (exact) mass is 247 g/mol. The first-order chi connectivity index (χ1) is 8.76. The lowest BCUT2D eigenvalue weighted by Gasteiger charge is -2.32. The summed E-state index contributed by atoms with van der Waals surface area (Å²) in [6.45, 7) is 6.83. The van der Waals surface area contributed by atoms with Gasteiger partial charge in [-0.3, -0.25) is 9.88 Å². The van der Waals surface area contributed by atoms with Crippen LogP contribution in [0, 0.1) is 5.92 Å². The van der Waals surface area contributed by atoms with Crippen molar-refractivity contribution in [3.8, 4) is 0 Å². The third-order valence-corrected chi connectivity index (χ3v) is 4.21. The summed E-state index contributed by atoms with van der Waals surface area (Å²) in [7, 11) is 0. The molecule has 1 aliphatic rings. The van der Waals surface area contributed by atoms with Crippen LogP contribution in [0.5, 0.6) is 0 Å². The van der Waals surface area contributed by atoms with Gasteiger partial charge in [0, 0.05) is 31.0 Å². The smallest absolute Gasteiger partial charge is 0.0500 e. The first kappa shape index (κ1) is 13.5. The summed E-state index contributed by atoms with van der Waals surface area (Å²) in [4.78, 5) is 6.68. The van der Waals surface area contributed by atoms with Crippen molar-refractivity contribution >= 4 is 0 Å². The van der Waals surface area contributed by atoms with E-state index in [9.17, 15) is 0 Å². The molecule has 3 heteroatoms. The van der Waals surface area contributed by atoms with Crippen LogP contribution >= 0.6 is 0 Å². The molecule has 0 bridgehead atoms. The molecule has 1 fully saturated rings. The van der Waals surface area contributed by atoms with E-state index in [-0.39, 0.29) is 6.04 Å². The molecule has 2 heterocycles. The van der Waals surface area contributed by atoms with Crippen molar-refractivity contribution in [2.75, 3.05) is 13.1 Å². The largest absolute Gasteiger partial charge is 0.326 e. The molecule has 2 N–H and O–H groups in total. The highest BCUT2D eigenvalue weighted by Gasteiger charge is 2.31. The van der Waals surface area contributed by atoms with Crippen molar-refractivity contribution in [2.24, 2.45) is 11.7 Å². The number of hydrogen-bond acceptors (Lipinski definition) is 3. The van der Waals surface area contributed by atoms with Gasteiger partial charge in [-0.15, -0.1) is 0 Å². The SMILES string of the molecule is CCC1CCN(C(c2ccncc2)C(N)CC)C1. The maximum Gasteiger partial charge on any atom is 0.0500 e. The van der Waals surface area contributed by atoms with Gasteiger partial charge < -0.3 is 5.73 Å². The number of hydrogen-bond donors (Lipinski definition) is 1. The Morgan fingerprint density at radius 3 is 2.67 bits per heavy atom. The fraction of sp³-hybridized carbons (Fsp3) is 0.667. The number of nitrogens with zero attached hydrogens (tertiary/aromatic N) is 2. The lowest BCUT2D eigenvalue weighted by atomic mass is 9.97. The van der Waals surface area contributed by atoms with E-state index in [1.54, 1.807) is 0 Å². The van der Waals surface area contributed by atoms with Crippen LogP contribution in [0.3, 0.4) is 0 Å². The van der Waals surface area contributed by atoms with E-state index in [0.29, 0.717) is 6.04 Å². The van der Waals surface area contributed by atoms with Crippen LogP contribution in [-0.4, -0.2) is 29.0 Å². The highest BCUT2D eigenvalue weighted by atomic mass is 15.2. The first-order valence-electron chi connectivity index (χ1n) is 7.15. The van der Waals surface area contributed by atoms with E-state index in [0.717, 1.165) is 12.3 Å². The molecule has 1 saturated heterocycles. The Bertz CT molecular complexity index is 352. The predicted octanol–water partition coefficient (Wildman–Crippen LogP) is 2.59. The van der Waals surface area contributed by atoms with Crippen LogP contribution < -0.4 is 5.73 Å². The van der Waals surface area contributed by atoms with Crippen molar-refractivity contribution < 1.29 is 0 Å². The molecule has 3 nitrogen and oxygen atoms in total. The number of aromatic nitrogens is 1. The van der Waals surface area contributed by atoms with Crippen LogP contribution in [0.25, 0.3) is 0 Å². The van der Waals surface area contributed by atoms with Gasteiger partial charge in [0.1, 0.15) is 0 Å². The standard InChI is InChI=1S/C15H25N3/c1-3-12-7-10-18(11-12)15(14(16)4-2)13-5-8-17-9-6-13/h5-6,8-9,12,14-15H,3-4,7,10-11,16H2,1-2H3. The maximum atomic E-state index is 6.35. The number of likely N-dealkylation sites (tertiary alicyclic amines) is 1. The quantitative estimate of drug-likeness (QED) is 0.869. The maximum absolute atomic E-state index is 6.35. The van der Waals surface area contributed by atoms with Crippen LogP contribution in [-0.2, 0) is 0 Å². The van der Waals surface area contributed by atoms with Crippen LogP contribution in [0.1, 0.15) is 44.7 Å². The normalized spacial score (nSPS) is 24.1. The lowest BCUT2D eigenvalue weighted by Crippen LogP contribution is -2.39. The Balaban J connectivity index is 2.16. The van der Waals surface area contributed by atoms with Gasteiger partial charge in [-0.25, -0.2) is 0 Å². The molecule has 0 amide bonds. The van der Waals surface area contributed by atoms with Crippen LogP contribution in [0.2, 0.25) is 0 Å². The molecular weight excluding hydrogens is 222 g/mol. The summed E-state index contributed by atoms with van der Waals surface area (Å²) in [5.74, 6) is 0.846. The van der Waals surface area contributed by atoms with Crippen molar-refractivity contribution in [3.63, 3.8) is 0 Å². The molecular formula is C15H25N3. The van der Waals surface area contributed by atoms with Gasteiger partial charge in [0.25, 0.3) is 0 Å². The van der Waals surface area contributed by atoms with Crippen molar-refractivity contribution in [3.05, 3.63) is 30.1 Å². The second-order valence-corrected chi connectivity index (χ2v) is 5.36. The molecule has 0 radical (unpaired) electrons. The zero-order chi connectivity index (χ0) is 13.0. The summed E-state index contributed by atoms with van der Waals surface area (Å²) in [6.07, 6.45) is 7.35. The molecule has 100 valence electrons. The second-order valence-electron chi connectivity index (χ2n) is 5.36. The molecule has 1 aromatic heterocycles. The number of pyridine rings is 1.